The van der Waals surface area contributed by atoms with Crippen LogP contribution in [0.1, 0.15) is 36.4 Å². The van der Waals surface area contributed by atoms with E-state index < -0.39 is 6.10 Å². The zero-order chi connectivity index (χ0) is 17.6. The van der Waals surface area contributed by atoms with Crippen LogP contribution in [0.25, 0.3) is 0 Å². The second kappa shape index (κ2) is 8.17. The van der Waals surface area contributed by atoms with Gasteiger partial charge in [-0.1, -0.05) is 42.5 Å². The number of hydrogen-bond donors (Lipinski definition) is 1. The molecule has 0 bridgehead atoms. The molecule has 0 aromatic heterocycles. The molecule has 4 nitrogen and oxygen atoms in total. The molecule has 0 spiro atoms. The quantitative estimate of drug-likeness (QED) is 0.909. The van der Waals surface area contributed by atoms with Crippen LogP contribution in [-0.4, -0.2) is 35.7 Å². The first-order valence-corrected chi connectivity index (χ1v) is 8.84. The maximum absolute atomic E-state index is 12.8. The molecule has 0 saturated carbocycles. The van der Waals surface area contributed by atoms with Crippen LogP contribution >= 0.6 is 0 Å². The molecule has 2 aromatic carbocycles. The summed E-state index contributed by atoms with van der Waals surface area (Å²) >= 11 is 0. The summed E-state index contributed by atoms with van der Waals surface area (Å²) in [7, 11) is 1.64. The number of rotatable bonds is 5. The van der Waals surface area contributed by atoms with Gasteiger partial charge in [-0.15, -0.1) is 0 Å². The van der Waals surface area contributed by atoms with Crippen molar-refractivity contribution < 1.29 is 14.6 Å². The SMILES string of the molecule is COc1ccc(CCC(=O)N2CCC[C@H](O)[C@H]2c2ccccc2)cc1. The number of aliphatic hydroxyl groups excluding tert-OH is 1. The van der Waals surface area contributed by atoms with Gasteiger partial charge in [0.15, 0.2) is 0 Å². The molecule has 2 atom stereocenters. The summed E-state index contributed by atoms with van der Waals surface area (Å²) in [6.07, 6.45) is 2.22. The first-order valence-electron chi connectivity index (χ1n) is 8.84. The van der Waals surface area contributed by atoms with Crippen LogP contribution in [0, 0.1) is 0 Å². The number of amides is 1. The lowest BCUT2D eigenvalue weighted by molar-refractivity contribution is -0.139. The molecule has 25 heavy (non-hydrogen) atoms. The van der Waals surface area contributed by atoms with Gasteiger partial charge in [0.25, 0.3) is 0 Å². The van der Waals surface area contributed by atoms with E-state index >= 15 is 0 Å². The number of nitrogens with zero attached hydrogens (tertiary/aromatic N) is 1. The molecule has 1 fully saturated rings. The van der Waals surface area contributed by atoms with Crippen molar-refractivity contribution in [3.05, 3.63) is 65.7 Å². The fraction of sp³-hybridized carbons (Fsp3) is 0.381. The normalized spacial score (nSPS) is 20.3. The number of aliphatic hydroxyl groups is 1. The third-order valence-electron chi connectivity index (χ3n) is 4.85. The number of likely N-dealkylation sites (tertiary alicyclic amines) is 1. The molecule has 3 rings (SSSR count). The minimum absolute atomic E-state index is 0.100. The Kier molecular flexibility index (Phi) is 5.71. The van der Waals surface area contributed by atoms with Crippen molar-refractivity contribution in [2.45, 2.75) is 37.8 Å². The lowest BCUT2D eigenvalue weighted by atomic mass is 9.92. The second-order valence-electron chi connectivity index (χ2n) is 6.50. The number of methoxy groups -OCH3 is 1. The molecule has 1 heterocycles. The molecule has 1 saturated heterocycles. The van der Waals surface area contributed by atoms with E-state index in [1.54, 1.807) is 7.11 Å². The number of hydrogen-bond acceptors (Lipinski definition) is 3. The summed E-state index contributed by atoms with van der Waals surface area (Å²) in [6.45, 7) is 0.706. The molecule has 132 valence electrons. The molecular formula is C21H25NO3. The fourth-order valence-corrected chi connectivity index (χ4v) is 3.49. The van der Waals surface area contributed by atoms with Crippen LogP contribution < -0.4 is 4.74 Å². The Labute approximate surface area is 149 Å². The predicted molar refractivity (Wildman–Crippen MR) is 97.5 cm³/mol. The highest BCUT2D eigenvalue weighted by Crippen LogP contribution is 2.32. The van der Waals surface area contributed by atoms with Crippen molar-refractivity contribution in [3.63, 3.8) is 0 Å². The van der Waals surface area contributed by atoms with Crippen LogP contribution in [0.2, 0.25) is 0 Å². The maximum atomic E-state index is 12.8. The fourth-order valence-electron chi connectivity index (χ4n) is 3.49. The highest BCUT2D eigenvalue weighted by atomic mass is 16.5. The van der Waals surface area contributed by atoms with Crippen LogP contribution in [0.5, 0.6) is 5.75 Å². The van der Waals surface area contributed by atoms with Crippen LogP contribution in [0.15, 0.2) is 54.6 Å². The smallest absolute Gasteiger partial charge is 0.223 e. The van der Waals surface area contributed by atoms with Gasteiger partial charge in [-0.05, 0) is 42.5 Å². The standard InChI is InChI=1S/C21H25NO3/c1-25-18-12-9-16(10-13-18)11-14-20(24)22-15-5-8-19(23)21(22)17-6-3-2-4-7-17/h2-4,6-7,9-10,12-13,19,21,23H,5,8,11,14-15H2,1H3/t19-,21+/m0/s1. The van der Waals surface area contributed by atoms with Crippen LogP contribution in [0.4, 0.5) is 0 Å². The number of benzene rings is 2. The maximum Gasteiger partial charge on any atom is 0.223 e. The molecule has 1 aliphatic heterocycles. The van der Waals surface area contributed by atoms with E-state index in [-0.39, 0.29) is 11.9 Å². The van der Waals surface area contributed by atoms with Crippen molar-refractivity contribution >= 4 is 5.91 Å². The average molecular weight is 339 g/mol. The summed E-state index contributed by atoms with van der Waals surface area (Å²) < 4.78 is 5.16. The van der Waals surface area contributed by atoms with Crippen molar-refractivity contribution in [1.29, 1.82) is 0 Å². The van der Waals surface area contributed by atoms with Gasteiger partial charge in [0.2, 0.25) is 5.91 Å². The number of piperidine rings is 1. The van der Waals surface area contributed by atoms with Crippen molar-refractivity contribution in [2.24, 2.45) is 0 Å². The third-order valence-corrected chi connectivity index (χ3v) is 4.85. The van der Waals surface area contributed by atoms with Gasteiger partial charge in [-0.25, -0.2) is 0 Å². The van der Waals surface area contributed by atoms with E-state index in [4.69, 9.17) is 4.74 Å². The second-order valence-corrected chi connectivity index (χ2v) is 6.50. The van der Waals surface area contributed by atoms with E-state index in [0.29, 0.717) is 19.4 Å². The number of ether oxygens (including phenoxy) is 1. The van der Waals surface area contributed by atoms with Gasteiger partial charge < -0.3 is 14.7 Å². The Morgan fingerprint density at radius 3 is 2.56 bits per heavy atom. The van der Waals surface area contributed by atoms with Crippen molar-refractivity contribution in [2.75, 3.05) is 13.7 Å². The summed E-state index contributed by atoms with van der Waals surface area (Å²) in [6, 6.07) is 17.4. The summed E-state index contributed by atoms with van der Waals surface area (Å²) in [4.78, 5) is 14.7. The summed E-state index contributed by atoms with van der Waals surface area (Å²) in [5.41, 5.74) is 2.12. The lowest BCUT2D eigenvalue weighted by Crippen LogP contribution is -2.45. The van der Waals surface area contributed by atoms with Crippen LogP contribution in [-0.2, 0) is 11.2 Å². The van der Waals surface area contributed by atoms with Crippen molar-refractivity contribution in [3.8, 4) is 5.75 Å². The van der Waals surface area contributed by atoms with Gasteiger partial charge in [0.05, 0.1) is 19.3 Å². The van der Waals surface area contributed by atoms with Crippen LogP contribution in [0.3, 0.4) is 0 Å². The largest absolute Gasteiger partial charge is 0.497 e. The first kappa shape index (κ1) is 17.5. The number of aryl methyl sites for hydroxylation is 1. The molecule has 0 aliphatic carbocycles. The predicted octanol–water partition coefficient (Wildman–Crippen LogP) is 3.35. The number of carbonyl (C=O) groups is 1. The van der Waals surface area contributed by atoms with E-state index in [2.05, 4.69) is 0 Å². The molecule has 0 radical (unpaired) electrons. The summed E-state index contributed by atoms with van der Waals surface area (Å²) in [5.74, 6) is 0.918. The summed E-state index contributed by atoms with van der Waals surface area (Å²) in [5, 5.41) is 10.5. The molecule has 1 N–H and O–H groups in total. The molecule has 1 amide bonds. The van der Waals surface area contributed by atoms with Gasteiger partial charge in [0.1, 0.15) is 5.75 Å². The highest BCUT2D eigenvalue weighted by Gasteiger charge is 2.33. The van der Waals surface area contributed by atoms with Gasteiger partial charge >= 0.3 is 0 Å². The first-order chi connectivity index (χ1) is 12.2. The Morgan fingerprint density at radius 1 is 1.16 bits per heavy atom. The van der Waals surface area contributed by atoms with E-state index in [9.17, 15) is 9.90 Å². The topological polar surface area (TPSA) is 49.8 Å². The molecule has 4 heteroatoms. The molecule has 1 aliphatic rings. The average Bonchev–Trinajstić information content (AvgIpc) is 2.67. The Hall–Kier alpha value is -2.33. The zero-order valence-electron chi connectivity index (χ0n) is 14.6. The number of carbonyl (C=O) groups excluding carboxylic acids is 1. The van der Waals surface area contributed by atoms with E-state index in [1.807, 2.05) is 59.5 Å². The third kappa shape index (κ3) is 4.20. The van der Waals surface area contributed by atoms with E-state index in [0.717, 1.165) is 29.7 Å². The Bertz CT molecular complexity index is 684. The lowest BCUT2D eigenvalue weighted by Gasteiger charge is -2.39. The van der Waals surface area contributed by atoms with Gasteiger partial charge in [-0.2, -0.15) is 0 Å². The Morgan fingerprint density at radius 2 is 1.88 bits per heavy atom. The van der Waals surface area contributed by atoms with Gasteiger partial charge in [-0.3, -0.25) is 4.79 Å². The monoisotopic (exact) mass is 339 g/mol. The van der Waals surface area contributed by atoms with Gasteiger partial charge in [0, 0.05) is 13.0 Å². The molecule has 0 unspecified atom stereocenters. The minimum atomic E-state index is -0.499. The zero-order valence-corrected chi connectivity index (χ0v) is 14.6. The Balaban J connectivity index is 1.68. The molecular weight excluding hydrogens is 314 g/mol. The minimum Gasteiger partial charge on any atom is -0.497 e. The van der Waals surface area contributed by atoms with E-state index in [1.165, 1.54) is 0 Å². The highest BCUT2D eigenvalue weighted by molar-refractivity contribution is 5.77. The molecule has 2 aromatic rings. The van der Waals surface area contributed by atoms with Crippen molar-refractivity contribution in [1.82, 2.24) is 4.90 Å².